The van der Waals surface area contributed by atoms with Crippen molar-refractivity contribution in [2.45, 2.75) is 18.4 Å². The SMILES string of the molecule is Cc1cccc2[nH]c(CN(C)S(=O)(=O)c3ccc(OCC(N)=O)cc3)nc12. The molecular weight excluding hydrogens is 368 g/mol. The van der Waals surface area contributed by atoms with Gasteiger partial charge < -0.3 is 15.5 Å². The Kier molecular flexibility index (Phi) is 5.15. The first-order valence-electron chi connectivity index (χ1n) is 8.19. The summed E-state index contributed by atoms with van der Waals surface area (Å²) in [4.78, 5) is 18.5. The van der Waals surface area contributed by atoms with Crippen molar-refractivity contribution in [3.05, 3.63) is 53.9 Å². The van der Waals surface area contributed by atoms with Crippen LogP contribution < -0.4 is 10.5 Å². The van der Waals surface area contributed by atoms with Gasteiger partial charge in [-0.15, -0.1) is 0 Å². The Labute approximate surface area is 157 Å². The summed E-state index contributed by atoms with van der Waals surface area (Å²) in [5.41, 5.74) is 7.73. The molecule has 142 valence electrons. The summed E-state index contributed by atoms with van der Waals surface area (Å²) in [6.07, 6.45) is 0. The van der Waals surface area contributed by atoms with E-state index in [0.29, 0.717) is 11.6 Å². The number of rotatable bonds is 7. The molecule has 3 rings (SSSR count). The maximum atomic E-state index is 12.8. The van der Waals surface area contributed by atoms with Crippen molar-refractivity contribution in [2.75, 3.05) is 13.7 Å². The van der Waals surface area contributed by atoms with Crippen molar-refractivity contribution >= 4 is 27.0 Å². The number of imidazole rings is 1. The van der Waals surface area contributed by atoms with Crippen molar-refractivity contribution in [3.63, 3.8) is 0 Å². The van der Waals surface area contributed by atoms with Gasteiger partial charge in [0, 0.05) is 7.05 Å². The van der Waals surface area contributed by atoms with E-state index in [1.165, 1.54) is 35.6 Å². The van der Waals surface area contributed by atoms with E-state index in [2.05, 4.69) is 9.97 Å². The minimum atomic E-state index is -3.71. The zero-order valence-corrected chi connectivity index (χ0v) is 15.8. The van der Waals surface area contributed by atoms with Gasteiger partial charge in [-0.3, -0.25) is 4.79 Å². The zero-order valence-electron chi connectivity index (χ0n) is 15.0. The smallest absolute Gasteiger partial charge is 0.255 e. The quantitative estimate of drug-likeness (QED) is 0.637. The lowest BCUT2D eigenvalue weighted by molar-refractivity contribution is -0.119. The normalized spacial score (nSPS) is 11.8. The summed E-state index contributed by atoms with van der Waals surface area (Å²) < 4.78 is 31.9. The number of carbonyl (C=O) groups excluding carboxylic acids is 1. The zero-order chi connectivity index (χ0) is 19.6. The van der Waals surface area contributed by atoms with Crippen molar-refractivity contribution in [2.24, 2.45) is 5.73 Å². The average molecular weight is 388 g/mol. The summed E-state index contributed by atoms with van der Waals surface area (Å²) in [5, 5.41) is 0. The molecule has 0 aliphatic carbocycles. The van der Waals surface area contributed by atoms with Crippen LogP contribution in [0.25, 0.3) is 11.0 Å². The fraction of sp³-hybridized carbons (Fsp3) is 0.222. The Balaban J connectivity index is 1.77. The molecule has 0 aliphatic rings. The number of sulfonamides is 1. The molecule has 0 unspecified atom stereocenters. The predicted molar refractivity (Wildman–Crippen MR) is 101 cm³/mol. The van der Waals surface area contributed by atoms with Crippen LogP contribution in [0, 0.1) is 6.92 Å². The number of amides is 1. The molecule has 0 saturated carbocycles. The number of nitrogens with zero attached hydrogens (tertiary/aromatic N) is 2. The molecule has 8 nitrogen and oxygen atoms in total. The first-order chi connectivity index (χ1) is 12.8. The second-order valence-electron chi connectivity index (χ2n) is 6.14. The van der Waals surface area contributed by atoms with Crippen LogP contribution in [0.4, 0.5) is 0 Å². The highest BCUT2D eigenvalue weighted by Gasteiger charge is 2.22. The number of nitrogens with two attached hydrogens (primary N) is 1. The molecule has 3 N–H and O–H groups in total. The molecule has 0 saturated heterocycles. The van der Waals surface area contributed by atoms with E-state index < -0.39 is 15.9 Å². The molecule has 9 heteroatoms. The summed E-state index contributed by atoms with van der Waals surface area (Å²) in [6, 6.07) is 11.6. The average Bonchev–Trinajstić information content (AvgIpc) is 3.04. The van der Waals surface area contributed by atoms with Crippen molar-refractivity contribution in [3.8, 4) is 5.75 Å². The van der Waals surface area contributed by atoms with Gasteiger partial charge in [0.15, 0.2) is 6.61 Å². The van der Waals surface area contributed by atoms with Crippen LogP contribution in [0.1, 0.15) is 11.4 Å². The monoisotopic (exact) mass is 388 g/mol. The van der Waals surface area contributed by atoms with E-state index in [1.807, 2.05) is 25.1 Å². The van der Waals surface area contributed by atoms with E-state index in [0.717, 1.165) is 16.6 Å². The molecule has 1 heterocycles. The first kappa shape index (κ1) is 18.9. The third-order valence-electron chi connectivity index (χ3n) is 4.05. The topological polar surface area (TPSA) is 118 Å². The number of benzene rings is 2. The molecule has 1 aromatic heterocycles. The minimum absolute atomic E-state index is 0.108. The van der Waals surface area contributed by atoms with Crippen LogP contribution in [0.2, 0.25) is 0 Å². The van der Waals surface area contributed by atoms with Gasteiger partial charge in [0.1, 0.15) is 11.6 Å². The molecule has 1 amide bonds. The predicted octanol–water partition coefficient (Wildman–Crippen LogP) is 1.56. The lowest BCUT2D eigenvalue weighted by atomic mass is 10.2. The number of para-hydroxylation sites is 1. The number of aromatic nitrogens is 2. The van der Waals surface area contributed by atoms with Gasteiger partial charge >= 0.3 is 0 Å². The van der Waals surface area contributed by atoms with Crippen LogP contribution >= 0.6 is 0 Å². The second kappa shape index (κ2) is 7.37. The maximum Gasteiger partial charge on any atom is 0.255 e. The third kappa shape index (κ3) is 4.09. The second-order valence-corrected chi connectivity index (χ2v) is 8.19. The Bertz CT molecular complexity index is 1070. The van der Waals surface area contributed by atoms with Gasteiger partial charge in [-0.25, -0.2) is 13.4 Å². The Morgan fingerprint density at radius 1 is 1.22 bits per heavy atom. The van der Waals surface area contributed by atoms with Crippen molar-refractivity contribution in [1.82, 2.24) is 14.3 Å². The number of H-pyrrole nitrogens is 1. The number of ether oxygens (including phenoxy) is 1. The molecule has 0 atom stereocenters. The van der Waals surface area contributed by atoms with Crippen LogP contribution in [-0.4, -0.2) is 42.3 Å². The van der Waals surface area contributed by atoms with Crippen LogP contribution in [0.5, 0.6) is 5.75 Å². The molecular formula is C18H20N4O4S. The number of aromatic amines is 1. The van der Waals surface area contributed by atoms with Gasteiger partial charge in [-0.2, -0.15) is 4.31 Å². The number of carbonyl (C=O) groups is 1. The summed E-state index contributed by atoms with van der Waals surface area (Å²) >= 11 is 0. The molecule has 0 fully saturated rings. The summed E-state index contributed by atoms with van der Waals surface area (Å²) in [5.74, 6) is 0.322. The van der Waals surface area contributed by atoms with Crippen LogP contribution in [0.15, 0.2) is 47.4 Å². The number of aryl methyl sites for hydroxylation is 1. The fourth-order valence-electron chi connectivity index (χ4n) is 2.64. The molecule has 0 bridgehead atoms. The highest BCUT2D eigenvalue weighted by atomic mass is 32.2. The van der Waals surface area contributed by atoms with Crippen molar-refractivity contribution in [1.29, 1.82) is 0 Å². The van der Waals surface area contributed by atoms with Crippen molar-refractivity contribution < 1.29 is 17.9 Å². The number of fused-ring (bicyclic) bond motifs is 1. The molecule has 0 radical (unpaired) electrons. The third-order valence-corrected chi connectivity index (χ3v) is 5.87. The van der Waals surface area contributed by atoms with Crippen LogP contribution in [0.3, 0.4) is 0 Å². The maximum absolute atomic E-state index is 12.8. The van der Waals surface area contributed by atoms with E-state index in [-0.39, 0.29) is 18.0 Å². The van der Waals surface area contributed by atoms with E-state index in [9.17, 15) is 13.2 Å². The van der Waals surface area contributed by atoms with Gasteiger partial charge in [-0.05, 0) is 42.8 Å². The minimum Gasteiger partial charge on any atom is -0.484 e. The Morgan fingerprint density at radius 2 is 1.93 bits per heavy atom. The van der Waals surface area contributed by atoms with Gasteiger partial charge in [-0.1, -0.05) is 12.1 Å². The van der Waals surface area contributed by atoms with E-state index in [1.54, 1.807) is 0 Å². The standard InChI is InChI=1S/C18H20N4O4S/c1-12-4-3-5-15-18(12)21-17(20-15)10-22(2)27(24,25)14-8-6-13(7-9-14)26-11-16(19)23/h3-9H,10-11H2,1-2H3,(H2,19,23)(H,20,21). The Morgan fingerprint density at radius 3 is 2.56 bits per heavy atom. The fourth-order valence-corrected chi connectivity index (χ4v) is 3.77. The number of hydrogen-bond acceptors (Lipinski definition) is 5. The molecule has 27 heavy (non-hydrogen) atoms. The molecule has 0 aliphatic heterocycles. The largest absolute Gasteiger partial charge is 0.484 e. The number of hydrogen-bond donors (Lipinski definition) is 2. The van der Waals surface area contributed by atoms with E-state index >= 15 is 0 Å². The Hall–Kier alpha value is -2.91. The lowest BCUT2D eigenvalue weighted by Crippen LogP contribution is -2.27. The number of nitrogens with one attached hydrogen (secondary N) is 1. The molecule has 3 aromatic rings. The first-order valence-corrected chi connectivity index (χ1v) is 9.63. The lowest BCUT2D eigenvalue weighted by Gasteiger charge is -2.16. The van der Waals surface area contributed by atoms with Gasteiger partial charge in [0.25, 0.3) is 5.91 Å². The van der Waals surface area contributed by atoms with Gasteiger partial charge in [0.2, 0.25) is 10.0 Å². The summed E-state index contributed by atoms with van der Waals surface area (Å²) in [6.45, 7) is 1.79. The van der Waals surface area contributed by atoms with Crippen LogP contribution in [-0.2, 0) is 21.4 Å². The number of primary amides is 1. The highest BCUT2D eigenvalue weighted by Crippen LogP contribution is 2.21. The highest BCUT2D eigenvalue weighted by molar-refractivity contribution is 7.89. The van der Waals surface area contributed by atoms with E-state index in [4.69, 9.17) is 10.5 Å². The van der Waals surface area contributed by atoms with Gasteiger partial charge in [0.05, 0.1) is 22.5 Å². The molecule has 2 aromatic carbocycles. The summed E-state index contributed by atoms with van der Waals surface area (Å²) in [7, 11) is -2.21. The molecule has 0 spiro atoms.